The number of nitrogens with two attached hydrogens (primary N) is 1. The Kier molecular flexibility index (Phi) is 7.03. The maximum Gasteiger partial charge on any atom is 0.337 e. The summed E-state index contributed by atoms with van der Waals surface area (Å²) in [6, 6.07) is 7.65. The molecule has 1 saturated heterocycles. The van der Waals surface area contributed by atoms with E-state index in [1.54, 1.807) is 31.2 Å². The Bertz CT molecular complexity index is 707. The van der Waals surface area contributed by atoms with Gasteiger partial charge in [-0.15, -0.1) is 0 Å². The van der Waals surface area contributed by atoms with Crippen molar-refractivity contribution in [1.29, 1.82) is 0 Å². The Balaban J connectivity index is 2.01. The zero-order valence-electron chi connectivity index (χ0n) is 15.1. The summed E-state index contributed by atoms with van der Waals surface area (Å²) in [4.78, 5) is 53.7. The van der Waals surface area contributed by atoms with Crippen LogP contribution < -0.4 is 5.73 Å². The molecule has 2 N–H and O–H groups in total. The Morgan fingerprint density at radius 1 is 1.26 bits per heavy atom. The molecule has 1 aromatic rings. The normalized spacial score (nSPS) is 20.9. The number of carbonyl (C=O) groups is 4. The molecule has 1 heterocycles. The van der Waals surface area contributed by atoms with Crippen molar-refractivity contribution in [3.05, 3.63) is 35.9 Å². The molecule has 27 heavy (non-hydrogen) atoms. The quantitative estimate of drug-likeness (QED) is 0.531. The summed E-state index contributed by atoms with van der Waals surface area (Å²) in [5.74, 6) is -4.27. The highest BCUT2D eigenvalue weighted by Crippen LogP contribution is 2.22. The van der Waals surface area contributed by atoms with Gasteiger partial charge in [-0.1, -0.05) is 37.3 Å². The summed E-state index contributed by atoms with van der Waals surface area (Å²) in [6.07, 6.45) is -1.31. The van der Waals surface area contributed by atoms with Gasteiger partial charge in [0.05, 0.1) is 13.0 Å². The lowest BCUT2D eigenvalue weighted by molar-refractivity contribution is -0.222. The minimum atomic E-state index is -1.32. The molecule has 2 unspecified atom stereocenters. The van der Waals surface area contributed by atoms with Crippen LogP contribution in [0.15, 0.2) is 30.3 Å². The number of esters is 2. The SMILES string of the molecule is CC[C@H](ON1C(=O)CC(C(=O)OCc2ccccc2)C(N)C1=O)C(=O)OC. The van der Waals surface area contributed by atoms with Crippen molar-refractivity contribution >= 4 is 23.8 Å². The highest BCUT2D eigenvalue weighted by Gasteiger charge is 2.45. The van der Waals surface area contributed by atoms with Crippen LogP contribution >= 0.6 is 0 Å². The molecule has 2 rings (SSSR count). The first-order chi connectivity index (χ1) is 12.9. The fourth-order valence-corrected chi connectivity index (χ4v) is 2.55. The smallest absolute Gasteiger partial charge is 0.337 e. The maximum absolute atomic E-state index is 12.4. The number of carbonyl (C=O) groups excluding carboxylic acids is 4. The molecule has 9 heteroatoms. The zero-order valence-corrected chi connectivity index (χ0v) is 15.1. The van der Waals surface area contributed by atoms with Gasteiger partial charge in [0.15, 0.2) is 6.10 Å². The number of hydrogen-bond acceptors (Lipinski definition) is 8. The van der Waals surface area contributed by atoms with E-state index in [-0.39, 0.29) is 19.4 Å². The van der Waals surface area contributed by atoms with E-state index in [1.165, 1.54) is 7.11 Å². The molecule has 1 aromatic carbocycles. The van der Waals surface area contributed by atoms with Crippen molar-refractivity contribution in [2.75, 3.05) is 7.11 Å². The van der Waals surface area contributed by atoms with Gasteiger partial charge < -0.3 is 15.2 Å². The predicted molar refractivity (Wildman–Crippen MR) is 91.4 cm³/mol. The zero-order chi connectivity index (χ0) is 20.0. The van der Waals surface area contributed by atoms with E-state index in [1.807, 2.05) is 6.07 Å². The average molecular weight is 378 g/mol. The minimum Gasteiger partial charge on any atom is -0.467 e. The van der Waals surface area contributed by atoms with Gasteiger partial charge in [0.1, 0.15) is 12.6 Å². The molecule has 0 radical (unpaired) electrons. The fraction of sp³-hybridized carbons (Fsp3) is 0.444. The molecule has 0 bridgehead atoms. The number of hydroxylamine groups is 2. The van der Waals surface area contributed by atoms with Crippen LogP contribution in [0.3, 0.4) is 0 Å². The number of piperidine rings is 1. The molecule has 0 aliphatic carbocycles. The lowest BCUT2D eigenvalue weighted by Crippen LogP contribution is -2.58. The number of benzene rings is 1. The van der Waals surface area contributed by atoms with Crippen LogP contribution in [0.4, 0.5) is 0 Å². The van der Waals surface area contributed by atoms with Crippen LogP contribution in [0.2, 0.25) is 0 Å². The van der Waals surface area contributed by atoms with Gasteiger partial charge in [-0.3, -0.25) is 14.4 Å². The summed E-state index contributed by atoms with van der Waals surface area (Å²) in [7, 11) is 1.17. The van der Waals surface area contributed by atoms with Crippen molar-refractivity contribution in [2.45, 2.75) is 38.5 Å². The molecular weight excluding hydrogens is 356 g/mol. The molecule has 3 atom stereocenters. The molecule has 0 spiro atoms. The third kappa shape index (κ3) is 4.89. The monoisotopic (exact) mass is 378 g/mol. The summed E-state index contributed by atoms with van der Waals surface area (Å²) in [5, 5.41) is 0.441. The van der Waals surface area contributed by atoms with Crippen LogP contribution in [0, 0.1) is 5.92 Å². The first kappa shape index (κ1) is 20.5. The van der Waals surface area contributed by atoms with Gasteiger partial charge in [0.25, 0.3) is 11.8 Å². The van der Waals surface area contributed by atoms with Crippen molar-refractivity contribution < 1.29 is 33.5 Å². The Morgan fingerprint density at radius 3 is 2.52 bits per heavy atom. The molecule has 9 nitrogen and oxygen atoms in total. The van der Waals surface area contributed by atoms with Crippen LogP contribution in [-0.4, -0.2) is 48.1 Å². The van der Waals surface area contributed by atoms with Crippen molar-refractivity contribution in [3.8, 4) is 0 Å². The van der Waals surface area contributed by atoms with E-state index in [4.69, 9.17) is 15.3 Å². The number of ether oxygens (including phenoxy) is 2. The Labute approximate surface area is 156 Å². The molecule has 1 fully saturated rings. The second-order valence-corrected chi connectivity index (χ2v) is 5.98. The molecule has 0 saturated carbocycles. The van der Waals surface area contributed by atoms with Gasteiger partial charge in [-0.05, 0) is 12.0 Å². The van der Waals surface area contributed by atoms with Crippen molar-refractivity contribution in [1.82, 2.24) is 5.06 Å². The van der Waals surface area contributed by atoms with E-state index in [9.17, 15) is 19.2 Å². The lowest BCUT2D eigenvalue weighted by atomic mass is 9.92. The van der Waals surface area contributed by atoms with Gasteiger partial charge in [-0.2, -0.15) is 5.06 Å². The molecule has 2 amide bonds. The summed E-state index contributed by atoms with van der Waals surface area (Å²) < 4.78 is 9.73. The van der Waals surface area contributed by atoms with E-state index < -0.39 is 41.8 Å². The summed E-state index contributed by atoms with van der Waals surface area (Å²) >= 11 is 0. The number of methoxy groups -OCH3 is 1. The topological polar surface area (TPSA) is 125 Å². The van der Waals surface area contributed by atoms with E-state index in [0.29, 0.717) is 5.06 Å². The summed E-state index contributed by atoms with van der Waals surface area (Å²) in [6.45, 7) is 1.63. The van der Waals surface area contributed by atoms with Gasteiger partial charge >= 0.3 is 11.9 Å². The predicted octanol–water partition coefficient (Wildman–Crippen LogP) is 0.315. The lowest BCUT2D eigenvalue weighted by Gasteiger charge is -2.33. The first-order valence-corrected chi connectivity index (χ1v) is 8.46. The van der Waals surface area contributed by atoms with E-state index in [2.05, 4.69) is 4.74 Å². The van der Waals surface area contributed by atoms with E-state index >= 15 is 0 Å². The molecule has 146 valence electrons. The van der Waals surface area contributed by atoms with Crippen LogP contribution in [-0.2, 0) is 40.1 Å². The van der Waals surface area contributed by atoms with Gasteiger partial charge in [0.2, 0.25) is 0 Å². The number of nitrogens with zero attached hydrogens (tertiary/aromatic N) is 1. The summed E-state index contributed by atoms with van der Waals surface area (Å²) in [5.41, 5.74) is 6.60. The highest BCUT2D eigenvalue weighted by molar-refractivity contribution is 6.03. The Morgan fingerprint density at radius 2 is 1.93 bits per heavy atom. The maximum atomic E-state index is 12.4. The number of imide groups is 1. The largest absolute Gasteiger partial charge is 0.467 e. The molecule has 1 aliphatic rings. The number of amides is 2. The van der Waals surface area contributed by atoms with Crippen molar-refractivity contribution in [3.63, 3.8) is 0 Å². The van der Waals surface area contributed by atoms with Gasteiger partial charge in [0, 0.05) is 6.42 Å². The fourth-order valence-electron chi connectivity index (χ4n) is 2.55. The Hall–Kier alpha value is -2.78. The standard InChI is InChI=1S/C18H22N2O7/c1-3-13(18(24)25-2)27-20-14(21)9-12(15(19)16(20)22)17(23)26-10-11-7-5-4-6-8-11/h4-8,12-13,15H,3,9-10,19H2,1-2H3/t12?,13-,15?/m0/s1. The molecule has 0 aromatic heterocycles. The van der Waals surface area contributed by atoms with Crippen molar-refractivity contribution in [2.24, 2.45) is 11.7 Å². The molecular formula is C18H22N2O7. The highest BCUT2D eigenvalue weighted by atomic mass is 16.7. The van der Waals surface area contributed by atoms with Gasteiger partial charge in [-0.25, -0.2) is 9.63 Å². The third-order valence-electron chi connectivity index (χ3n) is 4.13. The van der Waals surface area contributed by atoms with Crippen LogP contribution in [0.1, 0.15) is 25.3 Å². The molecule has 1 aliphatic heterocycles. The second-order valence-electron chi connectivity index (χ2n) is 5.98. The van der Waals surface area contributed by atoms with E-state index in [0.717, 1.165) is 5.56 Å². The second kappa shape index (κ2) is 9.24. The first-order valence-electron chi connectivity index (χ1n) is 8.46. The van der Waals surface area contributed by atoms with Crippen LogP contribution in [0.25, 0.3) is 0 Å². The average Bonchev–Trinajstić information content (AvgIpc) is 2.69. The van der Waals surface area contributed by atoms with Crippen LogP contribution in [0.5, 0.6) is 0 Å². The number of rotatable bonds is 7. The number of hydrogen-bond donors (Lipinski definition) is 1. The third-order valence-corrected chi connectivity index (χ3v) is 4.13. The minimum absolute atomic E-state index is 0.00569.